The number of nitrogens with zero attached hydrogens (tertiary/aromatic N) is 2. The number of carbonyl (C=O) groups excluding carboxylic acids is 3. The first-order chi connectivity index (χ1) is 13.1. The number of nitrogens with one attached hydrogen (secondary N) is 1. The van der Waals surface area contributed by atoms with E-state index in [0.29, 0.717) is 17.5 Å². The van der Waals surface area contributed by atoms with Gasteiger partial charge in [-0.1, -0.05) is 24.3 Å². The summed E-state index contributed by atoms with van der Waals surface area (Å²) in [7, 11) is 0. The quantitative estimate of drug-likeness (QED) is 0.709. The molecule has 1 aliphatic rings. The lowest BCUT2D eigenvalue weighted by molar-refractivity contribution is -0.116. The van der Waals surface area contributed by atoms with Crippen molar-refractivity contribution in [1.29, 1.82) is 0 Å². The van der Waals surface area contributed by atoms with Crippen molar-refractivity contribution < 1.29 is 14.4 Å². The standard InChI is InChI=1S/C21H17N3O3/c25-19(23-18-8-3-5-14-13-22-11-10-15(14)18)9-4-12-24-20(26)16-6-1-2-7-17(16)21(24)27/h1-3,5-8,10-11,13H,4,9,12H2,(H,23,25). The third-order valence-corrected chi connectivity index (χ3v) is 4.62. The van der Waals surface area contributed by atoms with Crippen LogP contribution in [0.2, 0.25) is 0 Å². The summed E-state index contributed by atoms with van der Waals surface area (Å²) in [5, 5.41) is 4.76. The summed E-state index contributed by atoms with van der Waals surface area (Å²) in [6, 6.07) is 14.3. The molecule has 0 spiro atoms. The van der Waals surface area contributed by atoms with Crippen LogP contribution in [0, 0.1) is 0 Å². The highest BCUT2D eigenvalue weighted by Gasteiger charge is 2.34. The van der Waals surface area contributed by atoms with Gasteiger partial charge in [0.15, 0.2) is 0 Å². The number of rotatable bonds is 5. The Bertz CT molecular complexity index is 1020. The molecule has 1 N–H and O–H groups in total. The summed E-state index contributed by atoms with van der Waals surface area (Å²) in [4.78, 5) is 42.2. The highest BCUT2D eigenvalue weighted by Crippen LogP contribution is 2.24. The molecule has 2 heterocycles. The van der Waals surface area contributed by atoms with Crippen LogP contribution < -0.4 is 5.32 Å². The first kappa shape index (κ1) is 16.9. The van der Waals surface area contributed by atoms with Gasteiger partial charge in [0.2, 0.25) is 5.91 Å². The molecule has 134 valence electrons. The number of pyridine rings is 1. The third kappa shape index (κ3) is 3.17. The van der Waals surface area contributed by atoms with Crippen molar-refractivity contribution in [3.05, 3.63) is 72.1 Å². The Morgan fingerprint density at radius 1 is 0.963 bits per heavy atom. The minimum Gasteiger partial charge on any atom is -0.326 e. The average Bonchev–Trinajstić information content (AvgIpc) is 2.93. The maximum absolute atomic E-state index is 12.3. The van der Waals surface area contributed by atoms with Gasteiger partial charge in [0.25, 0.3) is 11.8 Å². The third-order valence-electron chi connectivity index (χ3n) is 4.62. The molecular formula is C21H17N3O3. The number of aromatic nitrogens is 1. The lowest BCUT2D eigenvalue weighted by atomic mass is 10.1. The Kier molecular flexibility index (Phi) is 4.38. The number of hydrogen-bond acceptors (Lipinski definition) is 4. The van der Waals surface area contributed by atoms with Crippen molar-refractivity contribution in [2.24, 2.45) is 0 Å². The summed E-state index contributed by atoms with van der Waals surface area (Å²) in [6.07, 6.45) is 4.05. The zero-order valence-electron chi connectivity index (χ0n) is 14.5. The van der Waals surface area contributed by atoms with Crippen LogP contribution in [0.4, 0.5) is 5.69 Å². The molecular weight excluding hydrogens is 342 g/mol. The first-order valence-electron chi connectivity index (χ1n) is 8.73. The summed E-state index contributed by atoms with van der Waals surface area (Å²) in [5.74, 6) is -0.744. The van der Waals surface area contributed by atoms with Crippen LogP contribution in [-0.2, 0) is 4.79 Å². The number of imide groups is 1. The SMILES string of the molecule is O=C(CCCN1C(=O)c2ccccc2C1=O)Nc1cccc2cnccc12. The number of hydrogen-bond donors (Lipinski definition) is 1. The summed E-state index contributed by atoms with van der Waals surface area (Å²) >= 11 is 0. The molecule has 1 aromatic heterocycles. The molecule has 0 aliphatic carbocycles. The van der Waals surface area contributed by atoms with E-state index in [4.69, 9.17) is 0 Å². The number of amides is 3. The Labute approximate surface area is 155 Å². The monoisotopic (exact) mass is 359 g/mol. The van der Waals surface area contributed by atoms with E-state index in [9.17, 15) is 14.4 Å². The summed E-state index contributed by atoms with van der Waals surface area (Å²) in [6.45, 7) is 0.221. The second kappa shape index (κ2) is 6.99. The molecule has 2 aromatic carbocycles. The molecule has 4 rings (SSSR count). The lowest BCUT2D eigenvalue weighted by Crippen LogP contribution is -2.31. The van der Waals surface area contributed by atoms with Gasteiger partial charge >= 0.3 is 0 Å². The van der Waals surface area contributed by atoms with E-state index in [1.165, 1.54) is 4.90 Å². The van der Waals surface area contributed by atoms with E-state index in [2.05, 4.69) is 10.3 Å². The van der Waals surface area contributed by atoms with Crippen LogP contribution in [0.3, 0.4) is 0 Å². The topological polar surface area (TPSA) is 79.4 Å². The zero-order chi connectivity index (χ0) is 18.8. The fraction of sp³-hybridized carbons (Fsp3) is 0.143. The van der Waals surface area contributed by atoms with Gasteiger partial charge in [-0.3, -0.25) is 24.3 Å². The molecule has 3 aromatic rings. The second-order valence-corrected chi connectivity index (χ2v) is 6.36. The fourth-order valence-electron chi connectivity index (χ4n) is 3.28. The van der Waals surface area contributed by atoms with Crippen LogP contribution in [0.15, 0.2) is 60.9 Å². The molecule has 1 aliphatic heterocycles. The van der Waals surface area contributed by atoms with Crippen LogP contribution in [0.1, 0.15) is 33.6 Å². The minimum absolute atomic E-state index is 0.157. The van der Waals surface area contributed by atoms with E-state index < -0.39 is 0 Å². The van der Waals surface area contributed by atoms with Crippen LogP contribution in [-0.4, -0.2) is 34.2 Å². The molecule has 0 atom stereocenters. The average molecular weight is 359 g/mol. The van der Waals surface area contributed by atoms with Gasteiger partial charge < -0.3 is 5.32 Å². The van der Waals surface area contributed by atoms with Gasteiger partial charge in [-0.25, -0.2) is 0 Å². The van der Waals surface area contributed by atoms with Crippen molar-refractivity contribution in [3.63, 3.8) is 0 Å². The van der Waals surface area contributed by atoms with Crippen LogP contribution >= 0.6 is 0 Å². The lowest BCUT2D eigenvalue weighted by Gasteiger charge is -2.13. The van der Waals surface area contributed by atoms with Crippen molar-refractivity contribution in [2.45, 2.75) is 12.8 Å². The highest BCUT2D eigenvalue weighted by molar-refractivity contribution is 6.21. The minimum atomic E-state index is -0.294. The van der Waals surface area contributed by atoms with Crippen LogP contribution in [0.25, 0.3) is 10.8 Å². The van der Waals surface area contributed by atoms with Gasteiger partial charge in [0.05, 0.1) is 11.1 Å². The maximum atomic E-state index is 12.3. The fourth-order valence-corrected chi connectivity index (χ4v) is 3.28. The van der Waals surface area contributed by atoms with Crippen molar-refractivity contribution in [1.82, 2.24) is 9.88 Å². The molecule has 3 amide bonds. The molecule has 0 fully saturated rings. The van der Waals surface area contributed by atoms with E-state index in [1.54, 1.807) is 36.7 Å². The summed E-state index contributed by atoms with van der Waals surface area (Å²) < 4.78 is 0. The predicted octanol–water partition coefficient (Wildman–Crippen LogP) is 3.25. The molecule has 6 nitrogen and oxygen atoms in total. The molecule has 0 unspecified atom stereocenters. The van der Waals surface area contributed by atoms with Crippen molar-refractivity contribution in [2.75, 3.05) is 11.9 Å². The molecule has 6 heteroatoms. The first-order valence-corrected chi connectivity index (χ1v) is 8.73. The molecule has 0 bridgehead atoms. The second-order valence-electron chi connectivity index (χ2n) is 6.36. The van der Waals surface area contributed by atoms with Crippen molar-refractivity contribution in [3.8, 4) is 0 Å². The zero-order valence-corrected chi connectivity index (χ0v) is 14.5. The largest absolute Gasteiger partial charge is 0.326 e. The van der Waals surface area contributed by atoms with E-state index >= 15 is 0 Å². The Balaban J connectivity index is 1.37. The smallest absolute Gasteiger partial charge is 0.261 e. The van der Waals surface area contributed by atoms with E-state index in [-0.39, 0.29) is 30.7 Å². The van der Waals surface area contributed by atoms with Gasteiger partial charge in [-0.15, -0.1) is 0 Å². The van der Waals surface area contributed by atoms with Crippen LogP contribution in [0.5, 0.6) is 0 Å². The normalized spacial score (nSPS) is 13.1. The van der Waals surface area contributed by atoms with Gasteiger partial charge in [0.1, 0.15) is 0 Å². The van der Waals surface area contributed by atoms with Gasteiger partial charge in [-0.2, -0.15) is 0 Å². The van der Waals surface area contributed by atoms with Crippen molar-refractivity contribution >= 4 is 34.2 Å². The molecule has 0 saturated carbocycles. The van der Waals surface area contributed by atoms with E-state index in [0.717, 1.165) is 16.5 Å². The van der Waals surface area contributed by atoms with Gasteiger partial charge in [-0.05, 0) is 30.7 Å². The van der Waals surface area contributed by atoms with Gasteiger partial charge in [0, 0.05) is 41.8 Å². The maximum Gasteiger partial charge on any atom is 0.261 e. The Hall–Kier alpha value is -3.54. The Morgan fingerprint density at radius 2 is 1.70 bits per heavy atom. The molecule has 0 radical (unpaired) electrons. The molecule has 27 heavy (non-hydrogen) atoms. The number of carbonyl (C=O) groups is 3. The number of fused-ring (bicyclic) bond motifs is 2. The summed E-state index contributed by atoms with van der Waals surface area (Å²) in [5.41, 5.74) is 1.58. The predicted molar refractivity (Wildman–Crippen MR) is 101 cm³/mol. The highest BCUT2D eigenvalue weighted by atomic mass is 16.2. The number of benzene rings is 2. The molecule has 0 saturated heterocycles. The Morgan fingerprint density at radius 3 is 2.44 bits per heavy atom. The van der Waals surface area contributed by atoms with E-state index in [1.807, 2.05) is 24.3 Å². The number of anilines is 1.